The Morgan fingerprint density at radius 1 is 1.02 bits per heavy atom. The molecule has 2 heterocycles. The zero-order chi connectivity index (χ0) is 32.8. The summed E-state index contributed by atoms with van der Waals surface area (Å²) in [5.74, 6) is -2.03. The van der Waals surface area contributed by atoms with Gasteiger partial charge in [0.15, 0.2) is 0 Å². The molecule has 0 aromatic heterocycles. The van der Waals surface area contributed by atoms with Gasteiger partial charge in [-0.2, -0.15) is 0 Å². The van der Waals surface area contributed by atoms with Crippen molar-refractivity contribution < 1.29 is 33.4 Å². The van der Waals surface area contributed by atoms with E-state index in [9.17, 15) is 28.7 Å². The van der Waals surface area contributed by atoms with E-state index in [1.165, 1.54) is 24.3 Å². The van der Waals surface area contributed by atoms with E-state index in [0.717, 1.165) is 17.5 Å². The summed E-state index contributed by atoms with van der Waals surface area (Å²) in [5.41, 5.74) is 1.13. The average molecular weight is 631 g/mol. The molecule has 46 heavy (non-hydrogen) atoms. The number of rotatable bonds is 6. The first-order valence-corrected chi connectivity index (χ1v) is 15.4. The van der Waals surface area contributed by atoms with Crippen LogP contribution in [-0.4, -0.2) is 71.5 Å². The molecule has 0 aliphatic carbocycles. The first-order chi connectivity index (χ1) is 22.0. The van der Waals surface area contributed by atoms with E-state index >= 15 is 0 Å². The molecule has 1 saturated heterocycles. The number of hydrogen-bond donors (Lipinski definition) is 4. The number of para-hydroxylation sites is 1. The highest BCUT2D eigenvalue weighted by Gasteiger charge is 2.36. The van der Waals surface area contributed by atoms with Crippen LogP contribution in [0.4, 0.5) is 4.39 Å². The van der Waals surface area contributed by atoms with Crippen LogP contribution in [0, 0.1) is 5.82 Å². The second kappa shape index (κ2) is 14.0. The normalized spacial score (nSPS) is 20.8. The van der Waals surface area contributed by atoms with Gasteiger partial charge in [0.05, 0.1) is 18.0 Å². The summed E-state index contributed by atoms with van der Waals surface area (Å²) in [6, 6.07) is 16.5. The minimum Gasteiger partial charge on any atom is -0.508 e. The van der Waals surface area contributed by atoms with Gasteiger partial charge in [-0.25, -0.2) is 4.39 Å². The molecule has 0 spiro atoms. The zero-order valence-corrected chi connectivity index (χ0v) is 25.9. The van der Waals surface area contributed by atoms with Crippen molar-refractivity contribution >= 4 is 23.6 Å². The SMILES string of the molecule is CC(C)(CNC(=O)[C@@H]1CC(=O)N[C@@H](Cc2ccc(O)cc2)C(=O)N2CCC[C@@H]2COc2ccccc2C(=O)N1)c1ccc(F)cc1. The van der Waals surface area contributed by atoms with Crippen molar-refractivity contribution in [3.63, 3.8) is 0 Å². The molecule has 2 aliphatic heterocycles. The number of carbonyl (C=O) groups excluding carboxylic acids is 4. The molecule has 3 aromatic rings. The fraction of sp³-hybridized carbons (Fsp3) is 0.371. The van der Waals surface area contributed by atoms with Crippen molar-refractivity contribution in [3.05, 3.63) is 95.3 Å². The maximum atomic E-state index is 13.9. The molecule has 0 unspecified atom stereocenters. The first-order valence-electron chi connectivity index (χ1n) is 15.4. The largest absolute Gasteiger partial charge is 0.508 e. The Kier molecular flexibility index (Phi) is 9.89. The van der Waals surface area contributed by atoms with Gasteiger partial charge in [-0.1, -0.05) is 50.2 Å². The van der Waals surface area contributed by atoms with Crippen LogP contribution in [-0.2, 0) is 26.2 Å². The molecule has 0 radical (unpaired) electrons. The minimum atomic E-state index is -1.28. The highest BCUT2D eigenvalue weighted by molar-refractivity contribution is 6.01. The molecule has 10 nitrogen and oxygen atoms in total. The number of ether oxygens (including phenoxy) is 1. The number of amides is 4. The standard InChI is InChI=1S/C35H39FN4O6/c1-35(2,23-11-13-24(36)14-12-23)21-37-33(44)28-19-31(42)38-29(18-22-9-15-26(41)16-10-22)34(45)40-17-5-6-25(40)20-46-30-8-4-3-7-27(30)32(43)39-28/h3-4,7-16,25,28-29,41H,5-6,17-21H2,1-2H3,(H,37,44)(H,38,42)(H,39,43)/t25-,28+,29+/m1/s1. The van der Waals surface area contributed by atoms with Gasteiger partial charge in [0.25, 0.3) is 5.91 Å². The molecular formula is C35H39FN4O6. The predicted molar refractivity (Wildman–Crippen MR) is 169 cm³/mol. The van der Waals surface area contributed by atoms with Crippen LogP contribution in [0.25, 0.3) is 0 Å². The second-order valence-electron chi connectivity index (χ2n) is 12.5. The number of phenols is 1. The van der Waals surface area contributed by atoms with Crippen molar-refractivity contribution in [1.29, 1.82) is 0 Å². The Labute approximate surface area is 267 Å². The summed E-state index contributed by atoms with van der Waals surface area (Å²) in [4.78, 5) is 56.3. The zero-order valence-electron chi connectivity index (χ0n) is 25.9. The van der Waals surface area contributed by atoms with Crippen molar-refractivity contribution in [3.8, 4) is 11.5 Å². The third kappa shape index (κ3) is 7.82. The summed E-state index contributed by atoms with van der Waals surface area (Å²) in [6.45, 7) is 4.56. The summed E-state index contributed by atoms with van der Waals surface area (Å²) < 4.78 is 19.6. The van der Waals surface area contributed by atoms with Gasteiger partial charge in [0.1, 0.15) is 36.0 Å². The van der Waals surface area contributed by atoms with Gasteiger partial charge >= 0.3 is 0 Å². The number of aromatic hydroxyl groups is 1. The number of nitrogens with one attached hydrogen (secondary N) is 3. The fourth-order valence-electron chi connectivity index (χ4n) is 5.85. The minimum absolute atomic E-state index is 0.0781. The van der Waals surface area contributed by atoms with Gasteiger partial charge in [0, 0.05) is 24.9 Å². The van der Waals surface area contributed by atoms with Crippen LogP contribution in [0.5, 0.6) is 11.5 Å². The van der Waals surface area contributed by atoms with Gasteiger partial charge in [0.2, 0.25) is 17.7 Å². The first kappa shape index (κ1) is 32.5. The number of hydrogen-bond acceptors (Lipinski definition) is 6. The Morgan fingerprint density at radius 3 is 2.48 bits per heavy atom. The summed E-state index contributed by atoms with van der Waals surface area (Å²) in [6.07, 6.45) is 1.20. The average Bonchev–Trinajstić information content (AvgIpc) is 3.51. The molecule has 4 N–H and O–H groups in total. The summed E-state index contributed by atoms with van der Waals surface area (Å²) >= 11 is 0. The molecule has 3 aromatic carbocycles. The smallest absolute Gasteiger partial charge is 0.255 e. The van der Waals surface area contributed by atoms with Crippen molar-refractivity contribution in [2.24, 2.45) is 0 Å². The third-order valence-corrected chi connectivity index (χ3v) is 8.57. The van der Waals surface area contributed by atoms with E-state index in [1.807, 2.05) is 13.8 Å². The molecule has 3 atom stereocenters. The van der Waals surface area contributed by atoms with E-state index in [-0.39, 0.29) is 48.7 Å². The van der Waals surface area contributed by atoms with Gasteiger partial charge in [-0.3, -0.25) is 19.2 Å². The lowest BCUT2D eigenvalue weighted by molar-refractivity contribution is -0.138. The molecule has 11 heteroatoms. The van der Waals surface area contributed by atoms with Crippen molar-refractivity contribution in [1.82, 2.24) is 20.9 Å². The van der Waals surface area contributed by atoms with Crippen LogP contribution in [0.3, 0.4) is 0 Å². The number of phenolic OH excluding ortho intramolecular Hbond substituents is 1. The fourth-order valence-corrected chi connectivity index (χ4v) is 5.85. The number of halogens is 1. The number of benzene rings is 3. The van der Waals surface area contributed by atoms with Crippen LogP contribution in [0.1, 0.15) is 54.6 Å². The lowest BCUT2D eigenvalue weighted by atomic mass is 9.84. The van der Waals surface area contributed by atoms with Crippen LogP contribution in [0.2, 0.25) is 0 Å². The highest BCUT2D eigenvalue weighted by atomic mass is 19.1. The van der Waals surface area contributed by atoms with Crippen LogP contribution in [0.15, 0.2) is 72.8 Å². The quantitative estimate of drug-likeness (QED) is 0.330. The summed E-state index contributed by atoms with van der Waals surface area (Å²) in [7, 11) is 0. The molecule has 5 rings (SSSR count). The molecule has 1 fully saturated rings. The van der Waals surface area contributed by atoms with E-state index in [1.54, 1.807) is 53.4 Å². The highest BCUT2D eigenvalue weighted by Crippen LogP contribution is 2.25. The monoisotopic (exact) mass is 630 g/mol. The second-order valence-corrected chi connectivity index (χ2v) is 12.5. The van der Waals surface area contributed by atoms with Crippen molar-refractivity contribution in [2.75, 3.05) is 19.7 Å². The maximum absolute atomic E-state index is 13.9. The molecule has 4 amide bonds. The Morgan fingerprint density at radius 2 is 1.74 bits per heavy atom. The molecule has 0 bridgehead atoms. The maximum Gasteiger partial charge on any atom is 0.255 e. The lowest BCUT2D eigenvalue weighted by Crippen LogP contribution is -2.55. The summed E-state index contributed by atoms with van der Waals surface area (Å²) in [5, 5.41) is 18.1. The molecule has 242 valence electrons. The van der Waals surface area contributed by atoms with Crippen LogP contribution < -0.4 is 20.7 Å². The number of nitrogens with zero attached hydrogens (tertiary/aromatic N) is 1. The topological polar surface area (TPSA) is 137 Å². The van der Waals surface area contributed by atoms with E-state index in [0.29, 0.717) is 18.7 Å². The van der Waals surface area contributed by atoms with Gasteiger partial charge in [-0.15, -0.1) is 0 Å². The third-order valence-electron chi connectivity index (χ3n) is 8.57. The van der Waals surface area contributed by atoms with Gasteiger partial charge in [-0.05, 0) is 60.4 Å². The Balaban J connectivity index is 1.42. The predicted octanol–water partition coefficient (Wildman–Crippen LogP) is 3.22. The molecule has 0 saturated carbocycles. The molecular weight excluding hydrogens is 591 g/mol. The van der Waals surface area contributed by atoms with E-state index in [4.69, 9.17) is 4.74 Å². The number of carbonyl (C=O) groups is 4. The van der Waals surface area contributed by atoms with Crippen LogP contribution >= 0.6 is 0 Å². The van der Waals surface area contributed by atoms with E-state index in [2.05, 4.69) is 16.0 Å². The number of fused-ring (bicyclic) bond motifs is 2. The lowest BCUT2D eigenvalue weighted by Gasteiger charge is -2.31. The Hall–Kier alpha value is -4.93. The van der Waals surface area contributed by atoms with Crippen molar-refractivity contribution in [2.45, 2.75) is 63.1 Å². The van der Waals surface area contributed by atoms with Gasteiger partial charge < -0.3 is 30.7 Å². The Bertz CT molecular complexity index is 1580. The molecule has 2 aliphatic rings. The van der Waals surface area contributed by atoms with E-state index < -0.39 is 41.6 Å².